The Balaban J connectivity index is 1.48. The highest BCUT2D eigenvalue weighted by Gasteiger charge is 2.35. The topological polar surface area (TPSA) is 75.7 Å². The van der Waals surface area contributed by atoms with Gasteiger partial charge in [0.25, 0.3) is 17.1 Å². The lowest BCUT2D eigenvalue weighted by atomic mass is 10.1. The van der Waals surface area contributed by atoms with E-state index in [4.69, 9.17) is 16.3 Å². The molecule has 0 radical (unpaired) electrons. The van der Waals surface area contributed by atoms with Crippen molar-refractivity contribution in [2.75, 3.05) is 11.9 Å². The molecule has 35 heavy (non-hydrogen) atoms. The first kappa shape index (κ1) is 24.6. The third-order valence-corrected chi connectivity index (χ3v) is 6.36. The zero-order valence-corrected chi connectivity index (χ0v) is 20.8. The van der Waals surface area contributed by atoms with Crippen LogP contribution in [0.15, 0.2) is 71.6 Å². The maximum atomic E-state index is 13.0. The van der Waals surface area contributed by atoms with Crippen molar-refractivity contribution < 1.29 is 19.1 Å². The molecule has 1 aliphatic heterocycles. The molecule has 4 rings (SSSR count). The molecule has 8 heteroatoms. The van der Waals surface area contributed by atoms with E-state index >= 15 is 0 Å². The number of nitrogens with zero attached hydrogens (tertiary/aromatic N) is 1. The van der Waals surface area contributed by atoms with Crippen LogP contribution in [0.5, 0.6) is 5.75 Å². The fraction of sp³-hybridized carbons (Fsp3) is 0.148. The number of rotatable bonds is 7. The molecule has 0 aliphatic carbocycles. The zero-order chi connectivity index (χ0) is 24.9. The summed E-state index contributed by atoms with van der Waals surface area (Å²) in [5.74, 6) is -0.334. The first-order valence-corrected chi connectivity index (χ1v) is 12.1. The Hall–Kier alpha value is -3.55. The van der Waals surface area contributed by atoms with Gasteiger partial charge in [0, 0.05) is 16.3 Å². The SMILES string of the molecule is Cc1cccc(CN2C(=O)S/C(=C\c3cc(Cl)ccc3OCC(=O)Nc3cccc(C)c3)C2=O)c1. The summed E-state index contributed by atoms with van der Waals surface area (Å²) in [6.07, 6.45) is 1.57. The molecule has 1 heterocycles. The Kier molecular flexibility index (Phi) is 7.58. The molecule has 0 atom stereocenters. The smallest absolute Gasteiger partial charge is 0.293 e. The second-order valence-corrected chi connectivity index (χ2v) is 9.58. The van der Waals surface area contributed by atoms with E-state index in [2.05, 4.69) is 5.32 Å². The van der Waals surface area contributed by atoms with Crippen LogP contribution in [0.25, 0.3) is 6.08 Å². The predicted octanol–water partition coefficient (Wildman–Crippen LogP) is 6.21. The van der Waals surface area contributed by atoms with E-state index in [0.29, 0.717) is 22.0 Å². The quantitative estimate of drug-likeness (QED) is 0.385. The van der Waals surface area contributed by atoms with Crippen LogP contribution in [0.1, 0.15) is 22.3 Å². The van der Waals surface area contributed by atoms with Crippen molar-refractivity contribution >= 4 is 52.2 Å². The molecule has 0 spiro atoms. The molecular formula is C27H23ClN2O4S. The molecule has 0 bridgehead atoms. The number of halogens is 1. The van der Waals surface area contributed by atoms with Crippen molar-refractivity contribution in [3.8, 4) is 5.75 Å². The number of amides is 3. The Morgan fingerprint density at radius 3 is 2.51 bits per heavy atom. The minimum absolute atomic E-state index is 0.196. The highest BCUT2D eigenvalue weighted by Crippen LogP contribution is 2.35. The second-order valence-electron chi connectivity index (χ2n) is 8.15. The summed E-state index contributed by atoms with van der Waals surface area (Å²) < 4.78 is 5.73. The van der Waals surface area contributed by atoms with Crippen molar-refractivity contribution in [2.45, 2.75) is 20.4 Å². The molecule has 1 aliphatic rings. The van der Waals surface area contributed by atoms with E-state index in [1.165, 1.54) is 4.90 Å². The Bertz CT molecular complexity index is 1340. The molecule has 178 valence electrons. The van der Waals surface area contributed by atoms with Gasteiger partial charge in [-0.25, -0.2) is 0 Å². The average molecular weight is 507 g/mol. The molecule has 0 aromatic heterocycles. The lowest BCUT2D eigenvalue weighted by Gasteiger charge is -2.13. The minimum atomic E-state index is -0.385. The fourth-order valence-corrected chi connectivity index (χ4v) is 4.61. The zero-order valence-electron chi connectivity index (χ0n) is 19.2. The summed E-state index contributed by atoms with van der Waals surface area (Å²) in [6.45, 7) is 3.86. The normalized spacial score (nSPS) is 14.5. The van der Waals surface area contributed by atoms with Gasteiger partial charge in [-0.3, -0.25) is 19.3 Å². The number of ether oxygens (including phenoxy) is 1. The summed E-state index contributed by atoms with van der Waals surface area (Å²) in [5, 5.41) is 2.88. The standard InChI is InChI=1S/C27H23ClN2O4S/c1-17-5-3-7-19(11-17)15-30-26(32)24(35-27(30)33)14-20-13-21(28)9-10-23(20)34-16-25(31)29-22-8-4-6-18(2)12-22/h3-14H,15-16H2,1-2H3,(H,29,31)/b24-14-. The third kappa shape index (κ3) is 6.32. The first-order valence-electron chi connectivity index (χ1n) is 10.9. The van der Waals surface area contributed by atoms with Crippen LogP contribution in [-0.4, -0.2) is 28.6 Å². The number of carbonyl (C=O) groups excluding carboxylic acids is 3. The summed E-state index contributed by atoms with van der Waals surface area (Å²) in [6, 6.07) is 20.0. The van der Waals surface area contributed by atoms with Gasteiger partial charge in [-0.1, -0.05) is 53.6 Å². The number of thioether (sulfide) groups is 1. The van der Waals surface area contributed by atoms with Gasteiger partial charge in [0.05, 0.1) is 11.4 Å². The molecule has 0 saturated carbocycles. The summed E-state index contributed by atoms with van der Waals surface area (Å²) >= 11 is 7.03. The maximum Gasteiger partial charge on any atom is 0.293 e. The van der Waals surface area contributed by atoms with E-state index in [1.54, 1.807) is 30.3 Å². The predicted molar refractivity (Wildman–Crippen MR) is 139 cm³/mol. The highest BCUT2D eigenvalue weighted by atomic mass is 35.5. The van der Waals surface area contributed by atoms with E-state index < -0.39 is 0 Å². The average Bonchev–Trinajstić information content (AvgIpc) is 3.06. The van der Waals surface area contributed by atoms with Crippen LogP contribution in [0.3, 0.4) is 0 Å². The molecule has 3 aromatic carbocycles. The van der Waals surface area contributed by atoms with Crippen molar-refractivity contribution in [3.05, 3.63) is 98.9 Å². The van der Waals surface area contributed by atoms with Gasteiger partial charge < -0.3 is 10.1 Å². The summed E-state index contributed by atoms with van der Waals surface area (Å²) in [5.41, 5.74) is 4.14. The summed E-state index contributed by atoms with van der Waals surface area (Å²) in [4.78, 5) is 39.4. The van der Waals surface area contributed by atoms with Crippen LogP contribution < -0.4 is 10.1 Å². The number of anilines is 1. The number of imide groups is 1. The highest BCUT2D eigenvalue weighted by molar-refractivity contribution is 8.18. The lowest BCUT2D eigenvalue weighted by molar-refractivity contribution is -0.123. The molecule has 0 unspecified atom stereocenters. The van der Waals surface area contributed by atoms with Crippen LogP contribution in [0, 0.1) is 13.8 Å². The Morgan fingerprint density at radius 1 is 1.03 bits per heavy atom. The van der Waals surface area contributed by atoms with Crippen LogP contribution in [-0.2, 0) is 16.1 Å². The number of hydrogen-bond acceptors (Lipinski definition) is 5. The molecule has 3 aromatic rings. The number of benzene rings is 3. The van der Waals surface area contributed by atoms with E-state index in [1.807, 2.05) is 56.3 Å². The minimum Gasteiger partial charge on any atom is -0.483 e. The van der Waals surface area contributed by atoms with Gasteiger partial charge in [0.1, 0.15) is 5.75 Å². The summed E-state index contributed by atoms with van der Waals surface area (Å²) in [7, 11) is 0. The molecule has 6 nitrogen and oxygen atoms in total. The van der Waals surface area contributed by atoms with Crippen LogP contribution in [0.2, 0.25) is 5.02 Å². The van der Waals surface area contributed by atoms with Crippen molar-refractivity contribution in [3.63, 3.8) is 0 Å². The molecular weight excluding hydrogens is 484 g/mol. The molecule has 1 fully saturated rings. The Labute approximate surface area is 212 Å². The van der Waals surface area contributed by atoms with Crippen LogP contribution in [0.4, 0.5) is 10.5 Å². The Morgan fingerprint density at radius 2 is 1.77 bits per heavy atom. The van der Waals surface area contributed by atoms with Crippen molar-refractivity contribution in [1.29, 1.82) is 0 Å². The largest absolute Gasteiger partial charge is 0.483 e. The van der Waals surface area contributed by atoms with Crippen molar-refractivity contribution in [2.24, 2.45) is 0 Å². The van der Waals surface area contributed by atoms with E-state index in [-0.39, 0.29) is 35.1 Å². The molecule has 3 amide bonds. The van der Waals surface area contributed by atoms with Gasteiger partial charge in [-0.15, -0.1) is 0 Å². The van der Waals surface area contributed by atoms with E-state index in [9.17, 15) is 14.4 Å². The van der Waals surface area contributed by atoms with Gasteiger partial charge in [0.15, 0.2) is 6.61 Å². The maximum absolute atomic E-state index is 13.0. The molecule has 1 N–H and O–H groups in total. The lowest BCUT2D eigenvalue weighted by Crippen LogP contribution is -2.27. The first-order chi connectivity index (χ1) is 16.8. The number of nitrogens with one attached hydrogen (secondary N) is 1. The van der Waals surface area contributed by atoms with Gasteiger partial charge in [0.2, 0.25) is 0 Å². The van der Waals surface area contributed by atoms with Gasteiger partial charge in [-0.05, 0) is 73.1 Å². The van der Waals surface area contributed by atoms with Gasteiger partial charge >= 0.3 is 0 Å². The van der Waals surface area contributed by atoms with Crippen molar-refractivity contribution in [1.82, 2.24) is 4.90 Å². The number of hydrogen-bond donors (Lipinski definition) is 1. The fourth-order valence-electron chi connectivity index (χ4n) is 3.60. The van der Waals surface area contributed by atoms with E-state index in [0.717, 1.165) is 28.5 Å². The van der Waals surface area contributed by atoms with Crippen LogP contribution >= 0.6 is 23.4 Å². The third-order valence-electron chi connectivity index (χ3n) is 5.22. The second kappa shape index (κ2) is 10.8. The number of aryl methyl sites for hydroxylation is 2. The van der Waals surface area contributed by atoms with Gasteiger partial charge in [-0.2, -0.15) is 0 Å². The monoisotopic (exact) mass is 506 g/mol. The number of carbonyl (C=O) groups is 3. The molecule has 1 saturated heterocycles.